The van der Waals surface area contributed by atoms with Crippen molar-refractivity contribution < 1.29 is 9.50 Å². The van der Waals surface area contributed by atoms with Crippen LogP contribution >= 0.6 is 22.6 Å². The predicted octanol–water partition coefficient (Wildman–Crippen LogP) is 2.98. The summed E-state index contributed by atoms with van der Waals surface area (Å²) < 4.78 is 14.4. The highest BCUT2D eigenvalue weighted by Crippen LogP contribution is 2.22. The summed E-state index contributed by atoms with van der Waals surface area (Å²) in [5.74, 6) is -0.344. The van der Waals surface area contributed by atoms with Crippen LogP contribution in [0.15, 0.2) is 18.2 Å². The molecule has 0 saturated carbocycles. The van der Waals surface area contributed by atoms with Crippen molar-refractivity contribution in [1.82, 2.24) is 0 Å². The number of hydrogen-bond donors (Lipinski definition) is 2. The topological polar surface area (TPSA) is 46.2 Å². The lowest BCUT2D eigenvalue weighted by Crippen LogP contribution is -2.27. The molecule has 3 N–H and O–H groups in total. The minimum absolute atomic E-state index is 0.344. The normalized spacial score (nSPS) is 14.8. The second-order valence-corrected chi connectivity index (χ2v) is 5.15. The molecule has 2 atom stereocenters. The molecule has 0 fully saturated rings. The molecule has 90 valence electrons. The van der Waals surface area contributed by atoms with Crippen LogP contribution in [0.4, 0.5) is 4.39 Å². The summed E-state index contributed by atoms with van der Waals surface area (Å²) in [4.78, 5) is 0. The van der Waals surface area contributed by atoms with Crippen molar-refractivity contribution in [2.75, 3.05) is 0 Å². The van der Waals surface area contributed by atoms with Gasteiger partial charge in [-0.1, -0.05) is 19.8 Å². The molecular formula is C12H17FINO. The van der Waals surface area contributed by atoms with Gasteiger partial charge in [0.15, 0.2) is 0 Å². The second-order valence-electron chi connectivity index (χ2n) is 3.90. The summed E-state index contributed by atoms with van der Waals surface area (Å²) in [6.07, 6.45) is 1.84. The van der Waals surface area contributed by atoms with Crippen molar-refractivity contribution in [1.29, 1.82) is 0 Å². The highest BCUT2D eigenvalue weighted by Gasteiger charge is 2.19. The van der Waals surface area contributed by atoms with Crippen LogP contribution in [0.5, 0.6) is 0 Å². The zero-order valence-electron chi connectivity index (χ0n) is 9.29. The lowest BCUT2D eigenvalue weighted by molar-refractivity contribution is 0.131. The summed E-state index contributed by atoms with van der Waals surface area (Å²) in [5.41, 5.74) is 6.25. The number of unbranched alkanes of at least 4 members (excludes halogenated alkanes) is 1. The van der Waals surface area contributed by atoms with Gasteiger partial charge in [0.25, 0.3) is 0 Å². The summed E-state index contributed by atoms with van der Waals surface area (Å²) >= 11 is 2.10. The smallest absolute Gasteiger partial charge is 0.128 e. The van der Waals surface area contributed by atoms with Crippen molar-refractivity contribution in [2.24, 2.45) is 5.73 Å². The third-order valence-electron chi connectivity index (χ3n) is 2.59. The Morgan fingerprint density at radius 2 is 2.19 bits per heavy atom. The van der Waals surface area contributed by atoms with Crippen LogP contribution < -0.4 is 5.73 Å². The van der Waals surface area contributed by atoms with Crippen LogP contribution in [0.25, 0.3) is 0 Å². The van der Waals surface area contributed by atoms with Crippen LogP contribution in [-0.4, -0.2) is 11.2 Å². The van der Waals surface area contributed by atoms with Crippen molar-refractivity contribution in [3.8, 4) is 0 Å². The van der Waals surface area contributed by atoms with Gasteiger partial charge in [0.1, 0.15) is 5.82 Å². The SMILES string of the molecule is CCCC[C@@H](O)[C@@H](N)c1cc(I)ccc1F. The molecule has 0 saturated heterocycles. The standard InChI is InChI=1S/C12H17FINO/c1-2-3-4-11(16)12(15)9-7-8(14)5-6-10(9)13/h5-7,11-12,16H,2-4,15H2,1H3/t11-,12+/m1/s1. The predicted molar refractivity (Wildman–Crippen MR) is 71.6 cm³/mol. The van der Waals surface area contributed by atoms with E-state index < -0.39 is 12.1 Å². The molecule has 4 heteroatoms. The number of aliphatic hydroxyl groups excluding tert-OH is 1. The van der Waals surface area contributed by atoms with Gasteiger partial charge in [-0.15, -0.1) is 0 Å². The molecule has 0 aliphatic rings. The third-order valence-corrected chi connectivity index (χ3v) is 3.26. The molecule has 0 unspecified atom stereocenters. The number of nitrogens with two attached hydrogens (primary N) is 1. The molecule has 0 radical (unpaired) electrons. The van der Waals surface area contributed by atoms with E-state index >= 15 is 0 Å². The number of rotatable bonds is 5. The highest BCUT2D eigenvalue weighted by atomic mass is 127. The number of aliphatic hydroxyl groups is 1. The van der Waals surface area contributed by atoms with E-state index in [-0.39, 0.29) is 5.82 Å². The first-order chi connectivity index (χ1) is 7.56. The van der Waals surface area contributed by atoms with Gasteiger partial charge in [-0.25, -0.2) is 4.39 Å². The van der Waals surface area contributed by atoms with E-state index in [9.17, 15) is 9.50 Å². The van der Waals surface area contributed by atoms with Gasteiger partial charge in [-0.3, -0.25) is 0 Å². The Labute approximate surface area is 109 Å². The summed E-state index contributed by atoms with van der Waals surface area (Å²) in [7, 11) is 0. The Hall–Kier alpha value is -0.200. The maximum absolute atomic E-state index is 13.5. The fraction of sp³-hybridized carbons (Fsp3) is 0.500. The minimum Gasteiger partial charge on any atom is -0.391 e. The van der Waals surface area contributed by atoms with Crippen LogP contribution in [0, 0.1) is 9.39 Å². The molecule has 2 nitrogen and oxygen atoms in total. The molecule has 16 heavy (non-hydrogen) atoms. The summed E-state index contributed by atoms with van der Waals surface area (Å²) in [6.45, 7) is 2.05. The quantitative estimate of drug-likeness (QED) is 0.812. The van der Waals surface area contributed by atoms with Crippen LogP contribution in [0.3, 0.4) is 0 Å². The van der Waals surface area contributed by atoms with Crippen LogP contribution in [0.1, 0.15) is 37.8 Å². The number of hydrogen-bond acceptors (Lipinski definition) is 2. The van der Waals surface area contributed by atoms with E-state index in [1.807, 2.05) is 6.92 Å². The third kappa shape index (κ3) is 3.68. The van der Waals surface area contributed by atoms with E-state index in [0.717, 1.165) is 16.4 Å². The molecule has 0 aliphatic carbocycles. The largest absolute Gasteiger partial charge is 0.391 e. The first kappa shape index (κ1) is 13.9. The molecular weight excluding hydrogens is 320 g/mol. The van der Waals surface area contributed by atoms with Crippen LogP contribution in [-0.2, 0) is 0 Å². The Balaban J connectivity index is 2.78. The maximum Gasteiger partial charge on any atom is 0.128 e. The molecule has 0 bridgehead atoms. The van der Waals surface area contributed by atoms with Gasteiger partial charge in [0.05, 0.1) is 12.1 Å². The monoisotopic (exact) mass is 337 g/mol. The van der Waals surface area contributed by atoms with Crippen molar-refractivity contribution >= 4 is 22.6 Å². The van der Waals surface area contributed by atoms with Gasteiger partial charge >= 0.3 is 0 Å². The summed E-state index contributed by atoms with van der Waals surface area (Å²) in [6, 6.07) is 4.13. The van der Waals surface area contributed by atoms with Gasteiger partial charge in [0.2, 0.25) is 0 Å². The van der Waals surface area contributed by atoms with Crippen molar-refractivity contribution in [3.05, 3.63) is 33.1 Å². The highest BCUT2D eigenvalue weighted by molar-refractivity contribution is 14.1. The molecule has 0 aromatic heterocycles. The van der Waals surface area contributed by atoms with Crippen molar-refractivity contribution in [2.45, 2.75) is 38.3 Å². The second kappa shape index (κ2) is 6.51. The van der Waals surface area contributed by atoms with Gasteiger partial charge < -0.3 is 10.8 Å². The number of halogens is 2. The lowest BCUT2D eigenvalue weighted by Gasteiger charge is -2.19. The molecule has 1 aromatic rings. The van der Waals surface area contributed by atoms with Gasteiger partial charge in [-0.2, -0.15) is 0 Å². The lowest BCUT2D eigenvalue weighted by atomic mass is 9.98. The Bertz CT molecular complexity index is 346. The zero-order valence-corrected chi connectivity index (χ0v) is 11.4. The number of benzene rings is 1. The average Bonchev–Trinajstić information content (AvgIpc) is 2.28. The average molecular weight is 337 g/mol. The van der Waals surface area contributed by atoms with E-state index in [1.165, 1.54) is 6.07 Å². The Kier molecular flexibility index (Phi) is 5.64. The fourth-order valence-electron chi connectivity index (χ4n) is 1.57. The van der Waals surface area contributed by atoms with Crippen LogP contribution in [0.2, 0.25) is 0 Å². The first-order valence-electron chi connectivity index (χ1n) is 5.44. The maximum atomic E-state index is 13.5. The van der Waals surface area contributed by atoms with Gasteiger partial charge in [0, 0.05) is 9.13 Å². The Morgan fingerprint density at radius 1 is 1.50 bits per heavy atom. The molecule has 0 heterocycles. The van der Waals surface area contributed by atoms with E-state index in [2.05, 4.69) is 22.6 Å². The Morgan fingerprint density at radius 3 is 2.81 bits per heavy atom. The molecule has 0 amide bonds. The fourth-order valence-corrected chi connectivity index (χ4v) is 2.09. The minimum atomic E-state index is -0.673. The van der Waals surface area contributed by atoms with E-state index in [0.29, 0.717) is 12.0 Å². The van der Waals surface area contributed by atoms with E-state index in [1.54, 1.807) is 12.1 Å². The van der Waals surface area contributed by atoms with E-state index in [4.69, 9.17) is 5.73 Å². The molecule has 0 aliphatic heterocycles. The molecule has 1 aromatic carbocycles. The first-order valence-corrected chi connectivity index (χ1v) is 6.52. The molecule has 1 rings (SSSR count). The summed E-state index contributed by atoms with van der Waals surface area (Å²) in [5, 5.41) is 9.82. The van der Waals surface area contributed by atoms with Crippen molar-refractivity contribution in [3.63, 3.8) is 0 Å². The molecule has 0 spiro atoms. The van der Waals surface area contributed by atoms with Gasteiger partial charge in [-0.05, 0) is 47.2 Å². The zero-order chi connectivity index (χ0) is 12.1.